The van der Waals surface area contributed by atoms with E-state index in [1.165, 1.54) is 4.90 Å². The Kier molecular flexibility index (Phi) is 15.0. The van der Waals surface area contributed by atoms with E-state index in [0.29, 0.717) is 43.1 Å². The number of likely N-dealkylation sites (tertiary alicyclic amines) is 1. The van der Waals surface area contributed by atoms with Crippen LogP contribution in [0.4, 0.5) is 5.95 Å². The summed E-state index contributed by atoms with van der Waals surface area (Å²) in [4.78, 5) is 74.7. The van der Waals surface area contributed by atoms with Crippen molar-refractivity contribution in [1.82, 2.24) is 44.9 Å². The van der Waals surface area contributed by atoms with Crippen LogP contribution in [0.2, 0.25) is 0 Å². The Bertz CT molecular complexity index is 2260. The fourth-order valence-corrected chi connectivity index (χ4v) is 10.2. The van der Waals surface area contributed by atoms with Gasteiger partial charge in [0.05, 0.1) is 22.2 Å². The van der Waals surface area contributed by atoms with Crippen molar-refractivity contribution < 1.29 is 19.5 Å². The van der Waals surface area contributed by atoms with Gasteiger partial charge >= 0.3 is 0 Å². The van der Waals surface area contributed by atoms with Crippen molar-refractivity contribution in [3.63, 3.8) is 0 Å². The van der Waals surface area contributed by atoms with Gasteiger partial charge in [0.25, 0.3) is 5.56 Å². The normalized spacial score (nSPS) is 21.7. The van der Waals surface area contributed by atoms with Gasteiger partial charge in [0, 0.05) is 87.9 Å². The smallest absolute Gasteiger partial charge is 0.252 e. The van der Waals surface area contributed by atoms with Crippen molar-refractivity contribution in [3.8, 4) is 10.4 Å². The first-order valence-electron chi connectivity index (χ1n) is 22.8. The molecule has 16 heteroatoms. The fraction of sp³-hybridized carbons (Fsp3) is 0.596. The van der Waals surface area contributed by atoms with Gasteiger partial charge in [-0.2, -0.15) is 4.98 Å². The number of aromatic nitrogens is 4. The lowest BCUT2D eigenvalue weighted by molar-refractivity contribution is -0.144. The van der Waals surface area contributed by atoms with Gasteiger partial charge in [0.2, 0.25) is 23.7 Å². The van der Waals surface area contributed by atoms with Crippen LogP contribution in [0, 0.1) is 12.3 Å². The van der Waals surface area contributed by atoms with Crippen molar-refractivity contribution >= 4 is 46.0 Å². The van der Waals surface area contributed by atoms with Crippen molar-refractivity contribution in [2.75, 3.05) is 44.6 Å². The molecule has 5 heterocycles. The minimum Gasteiger partial charge on any atom is -0.391 e. The number of nitrogens with zero attached hydrogens (tertiary/aromatic N) is 7. The molecule has 0 bridgehead atoms. The molecule has 1 saturated carbocycles. The van der Waals surface area contributed by atoms with Crippen LogP contribution in [0.1, 0.15) is 103 Å². The monoisotopic (exact) mass is 882 g/mol. The maximum absolute atomic E-state index is 14.1. The first-order chi connectivity index (χ1) is 30.1. The molecule has 340 valence electrons. The number of amides is 3. The van der Waals surface area contributed by atoms with E-state index in [9.17, 15) is 24.3 Å². The SMILES string of the molecule is Cc1ncsc1-c1ccc(CNC(=O)[C@@H]2C[C@@H](O)CN2C(=O)[C@@H](NC(=O)CCCCN2CCN(C3CCC(Nc4ncc5ccc(=O)n(C(C)C)c5n4)CC3)CC2)C(C)(C)C)cc1. The number of hydrogen-bond acceptors (Lipinski definition) is 12. The molecule has 15 nitrogen and oxygen atoms in total. The Morgan fingerprint density at radius 1 is 0.952 bits per heavy atom. The number of unbranched alkanes of at least 4 members (excludes halogenated alkanes) is 1. The molecular weight excluding hydrogens is 817 g/mol. The first-order valence-corrected chi connectivity index (χ1v) is 23.7. The van der Waals surface area contributed by atoms with Gasteiger partial charge in [0.15, 0.2) is 0 Å². The molecule has 0 unspecified atom stereocenters. The number of benzene rings is 1. The summed E-state index contributed by atoms with van der Waals surface area (Å²) in [6.07, 6.45) is 7.35. The quantitative estimate of drug-likeness (QED) is 0.117. The molecule has 2 aliphatic heterocycles. The van der Waals surface area contributed by atoms with Crippen LogP contribution in [0.5, 0.6) is 0 Å². The lowest BCUT2D eigenvalue weighted by Gasteiger charge is -2.42. The van der Waals surface area contributed by atoms with Gasteiger partial charge in [-0.05, 0) is 88.4 Å². The lowest BCUT2D eigenvalue weighted by Crippen LogP contribution is -2.57. The Labute approximate surface area is 375 Å². The average molecular weight is 883 g/mol. The molecule has 4 aromatic rings. The second-order valence-corrected chi connectivity index (χ2v) is 19.9. The molecule has 63 heavy (non-hydrogen) atoms. The molecule has 3 atom stereocenters. The van der Waals surface area contributed by atoms with Gasteiger partial charge in [-0.15, -0.1) is 11.3 Å². The number of anilines is 1. The Hall–Kier alpha value is -4.77. The number of hydrogen-bond donors (Lipinski definition) is 4. The predicted octanol–water partition coefficient (Wildman–Crippen LogP) is 5.12. The van der Waals surface area contributed by atoms with Crippen LogP contribution in [0.15, 0.2) is 52.9 Å². The Morgan fingerprint density at radius 3 is 2.35 bits per heavy atom. The summed E-state index contributed by atoms with van der Waals surface area (Å²) in [5.74, 6) is -0.275. The number of thiazole rings is 1. The van der Waals surface area contributed by atoms with E-state index in [-0.39, 0.29) is 42.3 Å². The number of fused-ring (bicyclic) bond motifs is 1. The van der Waals surface area contributed by atoms with E-state index < -0.39 is 23.6 Å². The second-order valence-electron chi connectivity index (χ2n) is 19.0. The summed E-state index contributed by atoms with van der Waals surface area (Å²) >= 11 is 1.59. The van der Waals surface area contributed by atoms with E-state index in [2.05, 4.69) is 35.7 Å². The van der Waals surface area contributed by atoms with Gasteiger partial charge in [0.1, 0.15) is 17.7 Å². The summed E-state index contributed by atoms with van der Waals surface area (Å²) < 4.78 is 1.72. The minimum absolute atomic E-state index is 0.00792. The zero-order chi connectivity index (χ0) is 44.8. The number of carbonyl (C=O) groups excluding carboxylic acids is 3. The standard InChI is InChI=1S/C47H66N10O5S/c1-30(2)57-40(60)19-14-34-27-49-46(53-43(34)57)51-35-15-17-36(18-16-35)55-23-21-54(22-24-55)20-8-7-9-39(59)52-42(47(4,5)6)45(62)56-28-37(58)25-38(56)44(61)48-26-32-10-12-33(13-11-32)41-31(3)50-29-63-41/h10-14,19,27,29-30,35-38,42,58H,7-9,15-18,20-26,28H2,1-6H3,(H,48,61)(H,52,59)(H,49,51,53)/t35?,36?,37-,38+,42-/m1/s1. The summed E-state index contributed by atoms with van der Waals surface area (Å²) in [6, 6.07) is 10.5. The molecule has 3 aromatic heterocycles. The summed E-state index contributed by atoms with van der Waals surface area (Å²) in [7, 11) is 0. The van der Waals surface area contributed by atoms with Crippen LogP contribution >= 0.6 is 11.3 Å². The number of carbonyl (C=O) groups is 3. The van der Waals surface area contributed by atoms with Crippen LogP contribution < -0.4 is 21.5 Å². The van der Waals surface area contributed by atoms with Crippen LogP contribution in [-0.4, -0.2) is 127 Å². The fourth-order valence-electron chi connectivity index (χ4n) is 9.36. The predicted molar refractivity (Wildman–Crippen MR) is 247 cm³/mol. The zero-order valence-corrected chi connectivity index (χ0v) is 38.6. The third-order valence-corrected chi connectivity index (χ3v) is 14.0. The van der Waals surface area contributed by atoms with Crippen molar-refractivity contribution in [2.45, 2.75) is 136 Å². The number of rotatable bonds is 15. The summed E-state index contributed by atoms with van der Waals surface area (Å²) in [5, 5.41) is 21.0. The molecule has 0 spiro atoms. The van der Waals surface area contributed by atoms with Gasteiger partial charge in [-0.3, -0.25) is 28.6 Å². The largest absolute Gasteiger partial charge is 0.391 e. The second kappa shape index (κ2) is 20.4. The maximum Gasteiger partial charge on any atom is 0.252 e. The molecule has 1 aromatic carbocycles. The molecule has 2 saturated heterocycles. The topological polar surface area (TPSA) is 178 Å². The van der Waals surface area contributed by atoms with Gasteiger partial charge < -0.3 is 30.9 Å². The number of β-amino-alcohol motifs (C(OH)–C–C–N with tert-alkyl or cyclic N) is 1. The van der Waals surface area contributed by atoms with Crippen LogP contribution in [0.3, 0.4) is 0 Å². The number of piperazine rings is 1. The Morgan fingerprint density at radius 2 is 1.68 bits per heavy atom. The first kappa shape index (κ1) is 46.2. The number of pyridine rings is 1. The van der Waals surface area contributed by atoms with Crippen LogP contribution in [0.25, 0.3) is 21.5 Å². The van der Waals surface area contributed by atoms with Crippen molar-refractivity contribution in [1.29, 1.82) is 0 Å². The molecule has 1 aliphatic carbocycles. The van der Waals surface area contributed by atoms with Crippen molar-refractivity contribution in [3.05, 3.63) is 69.7 Å². The number of aliphatic hydroxyl groups is 1. The molecule has 3 fully saturated rings. The summed E-state index contributed by atoms with van der Waals surface area (Å²) in [6.45, 7) is 17.0. The highest BCUT2D eigenvalue weighted by Crippen LogP contribution is 2.30. The number of aryl methyl sites for hydroxylation is 1. The molecule has 0 radical (unpaired) electrons. The third-order valence-electron chi connectivity index (χ3n) is 13.0. The number of nitrogens with one attached hydrogen (secondary N) is 3. The molecule has 3 amide bonds. The third kappa shape index (κ3) is 11.5. The van der Waals surface area contributed by atoms with E-state index in [1.54, 1.807) is 34.2 Å². The van der Waals surface area contributed by atoms with Crippen LogP contribution in [-0.2, 0) is 20.9 Å². The average Bonchev–Trinajstić information content (AvgIpc) is 3.88. The van der Waals surface area contributed by atoms with Gasteiger partial charge in [-0.1, -0.05) is 45.0 Å². The van der Waals surface area contributed by atoms with E-state index >= 15 is 0 Å². The summed E-state index contributed by atoms with van der Waals surface area (Å²) in [5.41, 5.74) is 4.81. The lowest BCUT2D eigenvalue weighted by atomic mass is 9.85. The highest BCUT2D eigenvalue weighted by atomic mass is 32.1. The molecule has 4 N–H and O–H groups in total. The van der Waals surface area contributed by atoms with Crippen molar-refractivity contribution in [2.24, 2.45) is 5.41 Å². The highest BCUT2D eigenvalue weighted by molar-refractivity contribution is 7.13. The highest BCUT2D eigenvalue weighted by Gasteiger charge is 2.44. The van der Waals surface area contributed by atoms with E-state index in [4.69, 9.17) is 4.98 Å². The van der Waals surface area contributed by atoms with E-state index in [1.807, 2.05) is 71.3 Å². The minimum atomic E-state index is -0.843. The molecule has 7 rings (SSSR count). The van der Waals surface area contributed by atoms with Gasteiger partial charge in [-0.25, -0.2) is 9.97 Å². The zero-order valence-electron chi connectivity index (χ0n) is 37.8. The molecule has 3 aliphatic rings. The maximum atomic E-state index is 14.1. The van der Waals surface area contributed by atoms with E-state index in [0.717, 1.165) is 91.9 Å². The molecular formula is C47H66N10O5S. The Balaban J connectivity index is 0.811. The number of aliphatic hydroxyl groups excluding tert-OH is 1.